The fraction of sp³-hybridized carbons (Fsp3) is 0.409. The van der Waals surface area contributed by atoms with Crippen molar-refractivity contribution in [2.45, 2.75) is 53.7 Å². The molecule has 1 unspecified atom stereocenters. The molecule has 0 aliphatic carbocycles. The molecule has 26 heavy (non-hydrogen) atoms. The normalized spacial score (nSPS) is 12.5. The van der Waals surface area contributed by atoms with Crippen LogP contribution in [-0.2, 0) is 6.54 Å². The van der Waals surface area contributed by atoms with E-state index in [1.165, 1.54) is 16.7 Å². The van der Waals surface area contributed by atoms with E-state index in [0.29, 0.717) is 6.61 Å². The Morgan fingerprint density at radius 1 is 1.04 bits per heavy atom. The van der Waals surface area contributed by atoms with Crippen molar-refractivity contribution >= 4 is 11.0 Å². The molecule has 0 fully saturated rings. The average Bonchev–Trinajstić information content (AvgIpc) is 2.91. The summed E-state index contributed by atoms with van der Waals surface area (Å²) in [5, 5.41) is 10.1. The van der Waals surface area contributed by atoms with Gasteiger partial charge in [-0.05, 0) is 75.9 Å². The van der Waals surface area contributed by atoms with Gasteiger partial charge in [-0.15, -0.1) is 0 Å². The Morgan fingerprint density at radius 3 is 2.46 bits per heavy atom. The highest BCUT2D eigenvalue weighted by molar-refractivity contribution is 5.78. The minimum atomic E-state index is -0.594. The minimum absolute atomic E-state index is 0.594. The number of ether oxygens (including phenoxy) is 1. The average molecular weight is 352 g/mol. The lowest BCUT2D eigenvalue weighted by Gasteiger charge is -2.13. The molecular formula is C22H28N2O2. The fourth-order valence-electron chi connectivity index (χ4n) is 3.32. The first-order valence-corrected chi connectivity index (χ1v) is 9.22. The summed E-state index contributed by atoms with van der Waals surface area (Å²) >= 11 is 0. The highest BCUT2D eigenvalue weighted by atomic mass is 16.5. The maximum Gasteiger partial charge on any atom is 0.138 e. The number of fused-ring (bicyclic) bond motifs is 1. The molecular weight excluding hydrogens is 324 g/mol. The van der Waals surface area contributed by atoms with Crippen molar-refractivity contribution < 1.29 is 9.84 Å². The number of hydrogen-bond acceptors (Lipinski definition) is 3. The number of benzene rings is 2. The molecule has 1 N–H and O–H groups in total. The van der Waals surface area contributed by atoms with Gasteiger partial charge >= 0.3 is 0 Å². The van der Waals surface area contributed by atoms with Crippen LogP contribution in [0.3, 0.4) is 0 Å². The topological polar surface area (TPSA) is 47.3 Å². The third-order valence-corrected chi connectivity index (χ3v) is 4.88. The Balaban J connectivity index is 1.75. The van der Waals surface area contributed by atoms with Gasteiger partial charge in [-0.2, -0.15) is 0 Å². The van der Waals surface area contributed by atoms with Crippen molar-refractivity contribution in [3.05, 3.63) is 58.4 Å². The minimum Gasteiger partial charge on any atom is -0.493 e. The van der Waals surface area contributed by atoms with Crippen LogP contribution in [0.4, 0.5) is 0 Å². The number of hydrogen-bond donors (Lipinski definition) is 1. The van der Waals surface area contributed by atoms with Crippen molar-refractivity contribution in [3.63, 3.8) is 0 Å². The molecule has 0 saturated heterocycles. The van der Waals surface area contributed by atoms with E-state index >= 15 is 0 Å². The van der Waals surface area contributed by atoms with Crippen LogP contribution in [0, 0.1) is 27.7 Å². The summed E-state index contributed by atoms with van der Waals surface area (Å²) in [6, 6.07) is 10.5. The van der Waals surface area contributed by atoms with Crippen LogP contribution in [-0.4, -0.2) is 21.3 Å². The smallest absolute Gasteiger partial charge is 0.138 e. The summed E-state index contributed by atoms with van der Waals surface area (Å²) in [5.41, 5.74) is 6.88. The zero-order valence-electron chi connectivity index (χ0n) is 16.3. The van der Waals surface area contributed by atoms with Crippen LogP contribution in [0.2, 0.25) is 0 Å². The first-order valence-electron chi connectivity index (χ1n) is 9.22. The van der Waals surface area contributed by atoms with E-state index in [1.54, 1.807) is 6.92 Å². The first-order chi connectivity index (χ1) is 12.4. The fourth-order valence-corrected chi connectivity index (χ4v) is 3.32. The summed E-state index contributed by atoms with van der Waals surface area (Å²) < 4.78 is 8.07. The molecule has 2 aromatic carbocycles. The molecule has 4 nitrogen and oxygen atoms in total. The summed E-state index contributed by atoms with van der Waals surface area (Å²) in [6.07, 6.45) is 0.258. The van der Waals surface area contributed by atoms with Gasteiger partial charge in [0, 0.05) is 6.54 Å². The van der Waals surface area contributed by atoms with Gasteiger partial charge in [-0.1, -0.05) is 17.7 Å². The first kappa shape index (κ1) is 18.5. The van der Waals surface area contributed by atoms with Gasteiger partial charge in [-0.25, -0.2) is 4.98 Å². The summed E-state index contributed by atoms with van der Waals surface area (Å²) in [4.78, 5) is 4.65. The van der Waals surface area contributed by atoms with Crippen molar-refractivity contribution in [3.8, 4) is 5.75 Å². The predicted octanol–water partition coefficient (Wildman–Crippen LogP) is 4.79. The lowest BCUT2D eigenvalue weighted by molar-refractivity contribution is 0.183. The van der Waals surface area contributed by atoms with E-state index in [4.69, 9.17) is 4.74 Å². The second-order valence-electron chi connectivity index (χ2n) is 7.19. The second-order valence-corrected chi connectivity index (χ2v) is 7.19. The number of imidazole rings is 1. The van der Waals surface area contributed by atoms with Gasteiger partial charge < -0.3 is 14.4 Å². The summed E-state index contributed by atoms with van der Waals surface area (Å²) in [7, 11) is 0. The highest BCUT2D eigenvalue weighted by Gasteiger charge is 2.15. The van der Waals surface area contributed by atoms with Gasteiger partial charge in [0.15, 0.2) is 0 Å². The zero-order valence-corrected chi connectivity index (χ0v) is 16.3. The molecule has 3 rings (SSSR count). The molecule has 1 heterocycles. The van der Waals surface area contributed by atoms with Gasteiger partial charge in [0.05, 0.1) is 17.6 Å². The quantitative estimate of drug-likeness (QED) is 0.649. The molecule has 1 aromatic heterocycles. The molecule has 0 saturated carbocycles. The maximum absolute atomic E-state index is 10.1. The molecule has 4 heteroatoms. The van der Waals surface area contributed by atoms with E-state index in [9.17, 15) is 5.11 Å². The van der Waals surface area contributed by atoms with E-state index in [0.717, 1.165) is 41.1 Å². The van der Waals surface area contributed by atoms with E-state index < -0.39 is 6.10 Å². The van der Waals surface area contributed by atoms with Crippen molar-refractivity contribution in [2.75, 3.05) is 6.61 Å². The molecule has 0 aliphatic rings. The van der Waals surface area contributed by atoms with Crippen LogP contribution in [0.15, 0.2) is 30.3 Å². The highest BCUT2D eigenvalue weighted by Crippen LogP contribution is 2.25. The predicted molar refractivity (Wildman–Crippen MR) is 106 cm³/mol. The Hall–Kier alpha value is -2.33. The van der Waals surface area contributed by atoms with Crippen molar-refractivity contribution in [2.24, 2.45) is 0 Å². The van der Waals surface area contributed by atoms with E-state index in [2.05, 4.69) is 61.5 Å². The molecule has 0 spiro atoms. The van der Waals surface area contributed by atoms with Crippen LogP contribution in [0.5, 0.6) is 5.75 Å². The molecule has 0 bridgehead atoms. The third kappa shape index (κ3) is 3.75. The monoisotopic (exact) mass is 352 g/mol. The number of aryl methyl sites for hydroxylation is 5. The van der Waals surface area contributed by atoms with Crippen LogP contribution < -0.4 is 4.74 Å². The number of nitrogens with zero attached hydrogens (tertiary/aromatic N) is 2. The van der Waals surface area contributed by atoms with Crippen LogP contribution in [0.1, 0.15) is 47.5 Å². The Morgan fingerprint density at radius 2 is 1.77 bits per heavy atom. The Bertz CT molecular complexity index is 926. The maximum atomic E-state index is 10.1. The second kappa shape index (κ2) is 7.50. The van der Waals surface area contributed by atoms with Crippen LogP contribution >= 0.6 is 0 Å². The van der Waals surface area contributed by atoms with Gasteiger partial charge in [0.2, 0.25) is 0 Å². The van der Waals surface area contributed by atoms with E-state index in [-0.39, 0.29) is 0 Å². The van der Waals surface area contributed by atoms with Gasteiger partial charge in [0.1, 0.15) is 17.7 Å². The summed E-state index contributed by atoms with van der Waals surface area (Å²) in [5.74, 6) is 1.66. The Labute approximate surface area is 155 Å². The number of aliphatic hydroxyl groups excluding tert-OH is 1. The van der Waals surface area contributed by atoms with Gasteiger partial charge in [-0.3, -0.25) is 0 Å². The largest absolute Gasteiger partial charge is 0.493 e. The van der Waals surface area contributed by atoms with E-state index in [1.807, 2.05) is 6.07 Å². The lowest BCUT2D eigenvalue weighted by Crippen LogP contribution is -2.10. The molecule has 138 valence electrons. The SMILES string of the molecule is Cc1ccc(OCCCn2c(C(C)O)nc3cc(C)c(C)cc32)c(C)c1. The molecule has 0 radical (unpaired) electrons. The van der Waals surface area contributed by atoms with Crippen molar-refractivity contribution in [1.29, 1.82) is 0 Å². The summed E-state index contributed by atoms with van der Waals surface area (Å²) in [6.45, 7) is 11.5. The zero-order chi connectivity index (χ0) is 18.8. The molecule has 1 atom stereocenters. The number of aliphatic hydroxyl groups is 1. The van der Waals surface area contributed by atoms with Gasteiger partial charge in [0.25, 0.3) is 0 Å². The Kier molecular flexibility index (Phi) is 5.33. The lowest BCUT2D eigenvalue weighted by atomic mass is 10.1. The number of aromatic nitrogens is 2. The molecule has 0 aliphatic heterocycles. The van der Waals surface area contributed by atoms with Crippen molar-refractivity contribution in [1.82, 2.24) is 9.55 Å². The number of rotatable bonds is 6. The van der Waals surface area contributed by atoms with Crippen LogP contribution in [0.25, 0.3) is 11.0 Å². The molecule has 3 aromatic rings. The standard InChI is InChI=1S/C22H28N2O2/c1-14-7-8-21(17(4)11-14)26-10-6-9-24-20-13-16(3)15(2)12-19(20)23-22(24)18(5)25/h7-8,11-13,18,25H,6,9-10H2,1-5H3. The molecule has 0 amide bonds. The third-order valence-electron chi connectivity index (χ3n) is 4.88.